The van der Waals surface area contributed by atoms with Crippen LogP contribution in [0.25, 0.3) is 6.08 Å². The molecule has 0 atom stereocenters. The van der Waals surface area contributed by atoms with Crippen LogP contribution in [0.1, 0.15) is 5.56 Å². The van der Waals surface area contributed by atoms with Crippen molar-refractivity contribution in [2.24, 2.45) is 5.73 Å². The summed E-state index contributed by atoms with van der Waals surface area (Å²) < 4.78 is 0. The van der Waals surface area contributed by atoms with Gasteiger partial charge in [-0.15, -0.1) is 11.8 Å². The highest BCUT2D eigenvalue weighted by Gasteiger charge is 2.15. The Kier molecular flexibility index (Phi) is 5.71. The highest BCUT2D eigenvalue weighted by Crippen LogP contribution is 2.30. The number of primary amides is 1. The molecule has 1 aromatic carbocycles. The fourth-order valence-electron chi connectivity index (χ4n) is 1.37. The first-order valence-electron chi connectivity index (χ1n) is 5.43. The van der Waals surface area contributed by atoms with Crippen molar-refractivity contribution in [2.75, 3.05) is 12.4 Å². The summed E-state index contributed by atoms with van der Waals surface area (Å²) in [6.45, 7) is -0.0935. The smallest absolute Gasteiger partial charge is 0.283 e. The Balaban J connectivity index is 3.20. The van der Waals surface area contributed by atoms with E-state index in [4.69, 9.17) is 16.1 Å². The van der Waals surface area contributed by atoms with Crippen molar-refractivity contribution >= 4 is 29.4 Å². The molecule has 0 radical (unpaired) electrons. The second kappa shape index (κ2) is 7.28. The maximum absolute atomic E-state index is 11.0. The van der Waals surface area contributed by atoms with Gasteiger partial charge in [-0.1, -0.05) is 6.07 Å². The van der Waals surface area contributed by atoms with E-state index in [2.05, 4.69) is 0 Å². The number of carbonyl (C=O) groups excluding carboxylic acids is 1. The summed E-state index contributed by atoms with van der Waals surface area (Å²) in [5.41, 5.74) is 4.89. The summed E-state index contributed by atoms with van der Waals surface area (Å²) in [6, 6.07) is 5.91. The zero-order chi connectivity index (χ0) is 15.1. The largest absolute Gasteiger partial charge is 0.396 e. The third-order valence-corrected chi connectivity index (χ3v) is 3.27. The number of hydrogen-bond donors (Lipinski definition) is 2. The molecule has 0 saturated carbocycles. The number of nitrogens with two attached hydrogens (primary N) is 1. The Hall–Kier alpha value is -2.37. The van der Waals surface area contributed by atoms with Crippen molar-refractivity contribution in [1.29, 1.82) is 5.26 Å². The molecule has 0 fully saturated rings. The highest BCUT2D eigenvalue weighted by atomic mass is 32.2. The third-order valence-electron chi connectivity index (χ3n) is 2.23. The van der Waals surface area contributed by atoms with E-state index < -0.39 is 10.8 Å². The van der Waals surface area contributed by atoms with Crippen LogP contribution in [0, 0.1) is 21.4 Å². The Bertz CT molecular complexity index is 607. The first kappa shape index (κ1) is 15.7. The van der Waals surface area contributed by atoms with Crippen LogP contribution >= 0.6 is 11.8 Å². The second-order valence-corrected chi connectivity index (χ2v) is 4.73. The summed E-state index contributed by atoms with van der Waals surface area (Å²) in [4.78, 5) is 21.7. The monoisotopic (exact) mass is 293 g/mol. The lowest BCUT2D eigenvalue weighted by Gasteiger charge is -2.03. The molecule has 0 aliphatic carbocycles. The quantitative estimate of drug-likeness (QED) is 0.265. The molecule has 1 amide bonds. The third kappa shape index (κ3) is 4.08. The van der Waals surface area contributed by atoms with Gasteiger partial charge >= 0.3 is 0 Å². The predicted octanol–water partition coefficient (Wildman–Crippen LogP) is 1.07. The number of aliphatic hydroxyl groups is 1. The molecule has 0 saturated heterocycles. The molecular weight excluding hydrogens is 282 g/mol. The fraction of sp³-hybridized carbons (Fsp3) is 0.167. The van der Waals surface area contributed by atoms with Crippen LogP contribution in [0.4, 0.5) is 5.69 Å². The van der Waals surface area contributed by atoms with Crippen molar-refractivity contribution in [3.63, 3.8) is 0 Å². The number of thioether (sulfide) groups is 1. The van der Waals surface area contributed by atoms with Gasteiger partial charge in [0.15, 0.2) is 0 Å². The molecule has 0 heterocycles. The number of nitro benzene ring substituents is 1. The molecule has 0 aliphatic rings. The molecular formula is C12H11N3O4S. The number of benzene rings is 1. The van der Waals surface area contributed by atoms with Crippen LogP contribution in [-0.4, -0.2) is 28.3 Å². The molecule has 0 bridgehead atoms. The molecule has 7 nitrogen and oxygen atoms in total. The van der Waals surface area contributed by atoms with Gasteiger partial charge in [-0.25, -0.2) is 0 Å². The minimum absolute atomic E-state index is 0.0935. The van der Waals surface area contributed by atoms with Crippen LogP contribution in [0.15, 0.2) is 28.7 Å². The number of nitriles is 1. The van der Waals surface area contributed by atoms with E-state index in [1.807, 2.05) is 0 Å². The standard InChI is InChI=1S/C12H11N3O4S/c13-7-9(12(14)17)5-8-1-2-11(20-4-3-16)10(6-8)15(18)19/h1-2,5-6,16H,3-4H2,(H2,14,17). The molecule has 1 rings (SSSR count). The Morgan fingerprint density at radius 2 is 2.30 bits per heavy atom. The maximum atomic E-state index is 11.0. The Morgan fingerprint density at radius 1 is 1.60 bits per heavy atom. The van der Waals surface area contributed by atoms with Crippen LogP contribution in [0.5, 0.6) is 0 Å². The fourth-order valence-corrected chi connectivity index (χ4v) is 2.13. The molecule has 20 heavy (non-hydrogen) atoms. The number of amides is 1. The van der Waals surface area contributed by atoms with Gasteiger partial charge in [0.1, 0.15) is 11.6 Å². The second-order valence-electron chi connectivity index (χ2n) is 3.59. The zero-order valence-electron chi connectivity index (χ0n) is 10.3. The molecule has 0 aliphatic heterocycles. The summed E-state index contributed by atoms with van der Waals surface area (Å²) in [7, 11) is 0. The minimum Gasteiger partial charge on any atom is -0.396 e. The van der Waals surface area contributed by atoms with Crippen LogP contribution in [-0.2, 0) is 4.79 Å². The van der Waals surface area contributed by atoms with Crippen molar-refractivity contribution in [1.82, 2.24) is 0 Å². The van der Waals surface area contributed by atoms with Gasteiger partial charge in [-0.05, 0) is 17.7 Å². The van der Waals surface area contributed by atoms with E-state index in [0.717, 1.165) is 11.8 Å². The van der Waals surface area contributed by atoms with Crippen molar-refractivity contribution in [3.05, 3.63) is 39.4 Å². The Labute approximate surface area is 118 Å². The lowest BCUT2D eigenvalue weighted by Crippen LogP contribution is -2.12. The van der Waals surface area contributed by atoms with Crippen LogP contribution < -0.4 is 5.73 Å². The predicted molar refractivity (Wildman–Crippen MR) is 73.7 cm³/mol. The molecule has 104 valence electrons. The maximum Gasteiger partial charge on any atom is 0.283 e. The summed E-state index contributed by atoms with van der Waals surface area (Å²) in [5, 5.41) is 28.4. The van der Waals surface area contributed by atoms with Gasteiger partial charge in [0.2, 0.25) is 0 Å². The molecule has 0 unspecified atom stereocenters. The van der Waals surface area contributed by atoms with Crippen LogP contribution in [0.3, 0.4) is 0 Å². The van der Waals surface area contributed by atoms with Gasteiger partial charge in [0, 0.05) is 11.8 Å². The Morgan fingerprint density at radius 3 is 2.80 bits per heavy atom. The molecule has 1 aromatic rings. The summed E-state index contributed by atoms with van der Waals surface area (Å²) in [6.07, 6.45) is 1.19. The summed E-state index contributed by atoms with van der Waals surface area (Å²) in [5.74, 6) is -0.560. The van der Waals surface area contributed by atoms with E-state index in [1.165, 1.54) is 24.3 Å². The van der Waals surface area contributed by atoms with Gasteiger partial charge in [0.05, 0.1) is 16.4 Å². The van der Waals surface area contributed by atoms with E-state index >= 15 is 0 Å². The van der Waals surface area contributed by atoms with Crippen molar-refractivity contribution in [2.45, 2.75) is 4.90 Å². The first-order valence-corrected chi connectivity index (χ1v) is 6.42. The first-order chi connectivity index (χ1) is 9.49. The number of aliphatic hydroxyl groups excluding tert-OH is 1. The van der Waals surface area contributed by atoms with E-state index in [1.54, 1.807) is 6.07 Å². The average molecular weight is 293 g/mol. The van der Waals surface area contributed by atoms with E-state index in [9.17, 15) is 14.9 Å². The number of hydrogen-bond acceptors (Lipinski definition) is 6. The molecule has 3 N–H and O–H groups in total. The van der Waals surface area contributed by atoms with E-state index in [0.29, 0.717) is 16.2 Å². The number of carbonyl (C=O) groups is 1. The number of nitrogens with zero attached hydrogens (tertiary/aromatic N) is 2. The number of nitro groups is 1. The lowest BCUT2D eigenvalue weighted by atomic mass is 10.1. The minimum atomic E-state index is -0.895. The van der Waals surface area contributed by atoms with Crippen molar-refractivity contribution in [3.8, 4) is 6.07 Å². The SMILES string of the molecule is N#CC(=Cc1ccc(SCCO)c([N+](=O)[O-])c1)C(N)=O. The average Bonchev–Trinajstić information content (AvgIpc) is 2.42. The number of rotatable bonds is 6. The molecule has 0 aromatic heterocycles. The van der Waals surface area contributed by atoms with Crippen LogP contribution in [0.2, 0.25) is 0 Å². The lowest BCUT2D eigenvalue weighted by molar-refractivity contribution is -0.387. The zero-order valence-corrected chi connectivity index (χ0v) is 11.1. The topological polar surface area (TPSA) is 130 Å². The molecule has 8 heteroatoms. The van der Waals surface area contributed by atoms with Gasteiger partial charge in [-0.2, -0.15) is 5.26 Å². The van der Waals surface area contributed by atoms with Gasteiger partial charge < -0.3 is 10.8 Å². The van der Waals surface area contributed by atoms with Gasteiger partial charge in [0.25, 0.3) is 11.6 Å². The van der Waals surface area contributed by atoms with E-state index in [-0.39, 0.29) is 17.9 Å². The van der Waals surface area contributed by atoms with Crippen molar-refractivity contribution < 1.29 is 14.8 Å². The highest BCUT2D eigenvalue weighted by molar-refractivity contribution is 7.99. The normalized spacial score (nSPS) is 10.9. The molecule has 0 spiro atoms. The van der Waals surface area contributed by atoms with Gasteiger partial charge in [-0.3, -0.25) is 14.9 Å². The summed E-state index contributed by atoms with van der Waals surface area (Å²) >= 11 is 1.15.